The maximum atomic E-state index is 5.24. The molecule has 0 saturated carbocycles. The zero-order valence-electron chi connectivity index (χ0n) is 6.90. The summed E-state index contributed by atoms with van der Waals surface area (Å²) in [4.78, 5) is 0. The average Bonchev–Trinajstić information content (AvgIpc) is 2.15. The van der Waals surface area contributed by atoms with Crippen molar-refractivity contribution in [3.63, 3.8) is 0 Å². The summed E-state index contributed by atoms with van der Waals surface area (Å²) in [6.07, 6.45) is 1.06. The number of nitrogens with zero attached hydrogens (tertiary/aromatic N) is 1. The van der Waals surface area contributed by atoms with E-state index in [1.54, 1.807) is 0 Å². The summed E-state index contributed by atoms with van der Waals surface area (Å²) in [5, 5.41) is 0. The lowest BCUT2D eigenvalue weighted by Gasteiger charge is -1.98. The van der Waals surface area contributed by atoms with E-state index in [-0.39, 0.29) is 0 Å². The van der Waals surface area contributed by atoms with Gasteiger partial charge in [-0.15, -0.1) is 0 Å². The molecule has 0 N–H and O–H groups in total. The molecule has 1 unspecified atom stereocenters. The Hall–Kier alpha value is -0.450. The quantitative estimate of drug-likeness (QED) is 0.683. The molecular weight excluding hydrogens is 188 g/mol. The van der Waals surface area contributed by atoms with Gasteiger partial charge < -0.3 is 4.52 Å². The molecule has 0 aliphatic carbocycles. The van der Waals surface area contributed by atoms with Crippen LogP contribution in [-0.2, 0) is 6.42 Å². The second-order valence-electron chi connectivity index (χ2n) is 2.29. The zero-order chi connectivity index (χ0) is 8.81. The molecule has 12 heavy (non-hydrogen) atoms. The normalized spacial score (nSPS) is 10.5. The van der Waals surface area contributed by atoms with E-state index in [1.165, 1.54) is 5.56 Å². The van der Waals surface area contributed by atoms with Gasteiger partial charge in [-0.3, -0.25) is 0 Å². The molecule has 1 atom stereocenters. The van der Waals surface area contributed by atoms with E-state index in [4.69, 9.17) is 4.52 Å². The molecule has 4 heteroatoms. The molecule has 2 nitrogen and oxygen atoms in total. The van der Waals surface area contributed by atoms with Gasteiger partial charge in [-0.2, -0.15) is 0 Å². The van der Waals surface area contributed by atoms with Crippen molar-refractivity contribution in [1.82, 2.24) is 0 Å². The maximum absolute atomic E-state index is 5.24. The first-order valence-corrected chi connectivity index (χ1v) is 5.01. The van der Waals surface area contributed by atoms with Crippen molar-refractivity contribution in [2.45, 2.75) is 13.3 Å². The van der Waals surface area contributed by atoms with Crippen molar-refractivity contribution in [3.8, 4) is 5.75 Å². The SMILES string of the molecule is CCc1ccc(OP=NP)cc1. The second kappa shape index (κ2) is 5.24. The lowest BCUT2D eigenvalue weighted by atomic mass is 10.2. The third kappa shape index (κ3) is 2.89. The Kier molecular flexibility index (Phi) is 4.21. The molecule has 0 aromatic heterocycles. The minimum absolute atomic E-state index is 0.620. The van der Waals surface area contributed by atoms with E-state index in [0.29, 0.717) is 8.60 Å². The molecule has 1 aromatic rings. The van der Waals surface area contributed by atoms with Crippen LogP contribution in [-0.4, -0.2) is 0 Å². The average molecular weight is 199 g/mol. The topological polar surface area (TPSA) is 21.6 Å². The summed E-state index contributed by atoms with van der Waals surface area (Å²) < 4.78 is 8.98. The van der Waals surface area contributed by atoms with Crippen LogP contribution in [0.5, 0.6) is 5.75 Å². The molecule has 1 aromatic carbocycles. The molecular formula is C8H11NOP2. The molecule has 1 rings (SSSR count). The number of rotatable bonds is 3. The molecule has 0 saturated heterocycles. The maximum Gasteiger partial charge on any atom is 0.245 e. The van der Waals surface area contributed by atoms with Crippen LogP contribution in [0, 0.1) is 0 Å². The fraction of sp³-hybridized carbons (Fsp3) is 0.250. The highest BCUT2D eigenvalue weighted by Crippen LogP contribution is 2.18. The van der Waals surface area contributed by atoms with Crippen LogP contribution in [0.1, 0.15) is 12.5 Å². The van der Waals surface area contributed by atoms with Crippen LogP contribution in [0.4, 0.5) is 0 Å². The molecule has 0 radical (unpaired) electrons. The number of benzene rings is 1. The molecule has 0 bridgehead atoms. The Labute approximate surface area is 76.6 Å². The highest BCUT2D eigenvalue weighted by Gasteiger charge is 1.91. The van der Waals surface area contributed by atoms with Gasteiger partial charge in [-0.1, -0.05) is 19.1 Å². The summed E-state index contributed by atoms with van der Waals surface area (Å²) >= 11 is 0. The summed E-state index contributed by atoms with van der Waals surface area (Å²) in [5.41, 5.74) is 1.32. The van der Waals surface area contributed by atoms with Gasteiger partial charge in [0.2, 0.25) is 8.60 Å². The number of aryl methyl sites for hydroxylation is 1. The Morgan fingerprint density at radius 2 is 2.08 bits per heavy atom. The molecule has 0 aliphatic rings. The molecule has 0 fully saturated rings. The van der Waals surface area contributed by atoms with Gasteiger partial charge in [0.05, 0.1) is 0 Å². The van der Waals surface area contributed by atoms with Crippen LogP contribution in [0.15, 0.2) is 28.8 Å². The Morgan fingerprint density at radius 3 is 2.58 bits per heavy atom. The monoisotopic (exact) mass is 199 g/mol. The first kappa shape index (κ1) is 9.64. The predicted octanol–water partition coefficient (Wildman–Crippen LogP) is 3.46. The van der Waals surface area contributed by atoms with Gasteiger partial charge >= 0.3 is 0 Å². The van der Waals surface area contributed by atoms with Crippen molar-refractivity contribution in [2.24, 2.45) is 4.52 Å². The molecule has 0 amide bonds. The molecule has 0 spiro atoms. The standard InChI is InChI=1S/C8H11NOP2/c1-2-7-3-5-8(6-4-7)10-12-9-11/h3-6H,2,11H2,1H3. The Balaban J connectivity index is 2.64. The third-order valence-electron chi connectivity index (χ3n) is 1.52. The van der Waals surface area contributed by atoms with Crippen LogP contribution >= 0.6 is 18.0 Å². The summed E-state index contributed by atoms with van der Waals surface area (Å²) in [5.74, 6) is 0.861. The smallest absolute Gasteiger partial charge is 0.245 e. The van der Waals surface area contributed by atoms with E-state index in [0.717, 1.165) is 12.2 Å². The van der Waals surface area contributed by atoms with E-state index >= 15 is 0 Å². The summed E-state index contributed by atoms with van der Waals surface area (Å²) in [6.45, 7) is 2.13. The van der Waals surface area contributed by atoms with Crippen LogP contribution in [0.25, 0.3) is 0 Å². The van der Waals surface area contributed by atoms with Crippen molar-refractivity contribution in [2.75, 3.05) is 0 Å². The van der Waals surface area contributed by atoms with E-state index in [9.17, 15) is 0 Å². The summed E-state index contributed by atoms with van der Waals surface area (Å²) in [6, 6.07) is 8.05. The Morgan fingerprint density at radius 1 is 1.42 bits per heavy atom. The lowest BCUT2D eigenvalue weighted by molar-refractivity contribution is 0.639. The van der Waals surface area contributed by atoms with Crippen molar-refractivity contribution < 1.29 is 4.52 Å². The largest absolute Gasteiger partial charge is 0.423 e. The van der Waals surface area contributed by atoms with E-state index < -0.39 is 0 Å². The van der Waals surface area contributed by atoms with E-state index in [1.807, 2.05) is 12.1 Å². The summed E-state index contributed by atoms with van der Waals surface area (Å²) in [7, 11) is 2.88. The van der Waals surface area contributed by atoms with Gasteiger partial charge in [0, 0.05) is 0 Å². The molecule has 0 aliphatic heterocycles. The minimum Gasteiger partial charge on any atom is -0.423 e. The zero-order valence-corrected chi connectivity index (χ0v) is 8.95. The Bertz CT molecular complexity index is 258. The number of hydrogen-bond donors (Lipinski definition) is 0. The highest BCUT2D eigenvalue weighted by atomic mass is 31.1. The van der Waals surface area contributed by atoms with Crippen molar-refractivity contribution in [3.05, 3.63) is 29.8 Å². The van der Waals surface area contributed by atoms with Crippen molar-refractivity contribution in [1.29, 1.82) is 0 Å². The van der Waals surface area contributed by atoms with Crippen LogP contribution in [0.2, 0.25) is 0 Å². The lowest BCUT2D eigenvalue weighted by Crippen LogP contribution is -1.79. The predicted molar refractivity (Wildman–Crippen MR) is 55.5 cm³/mol. The van der Waals surface area contributed by atoms with Gasteiger partial charge in [0.15, 0.2) is 0 Å². The fourth-order valence-corrected chi connectivity index (χ4v) is 1.26. The van der Waals surface area contributed by atoms with Gasteiger partial charge in [-0.05, 0) is 33.5 Å². The van der Waals surface area contributed by atoms with Crippen LogP contribution < -0.4 is 4.52 Å². The van der Waals surface area contributed by atoms with E-state index in [2.05, 4.69) is 33.0 Å². The first-order valence-electron chi connectivity index (χ1n) is 3.73. The van der Waals surface area contributed by atoms with Gasteiger partial charge in [-0.25, -0.2) is 4.52 Å². The second-order valence-corrected chi connectivity index (χ2v) is 3.56. The van der Waals surface area contributed by atoms with Gasteiger partial charge in [0.1, 0.15) is 5.75 Å². The van der Waals surface area contributed by atoms with Crippen LogP contribution in [0.3, 0.4) is 0 Å². The number of hydrogen-bond acceptors (Lipinski definition) is 2. The first-order chi connectivity index (χ1) is 5.86. The fourth-order valence-electron chi connectivity index (χ4n) is 0.857. The van der Waals surface area contributed by atoms with Crippen molar-refractivity contribution >= 4 is 18.0 Å². The third-order valence-corrected chi connectivity index (χ3v) is 2.19. The minimum atomic E-state index is 0.620. The van der Waals surface area contributed by atoms with Gasteiger partial charge in [0.25, 0.3) is 0 Å². The highest BCUT2D eigenvalue weighted by molar-refractivity contribution is 7.31. The molecule has 0 heterocycles. The molecule has 64 valence electrons.